The van der Waals surface area contributed by atoms with Crippen LogP contribution in [0.4, 0.5) is 5.95 Å². The fraction of sp³-hybridized carbons (Fsp3) is 0.357. The Kier molecular flexibility index (Phi) is 7.85. The van der Waals surface area contributed by atoms with Crippen molar-refractivity contribution in [1.29, 1.82) is 5.26 Å². The quantitative estimate of drug-likeness (QED) is 0.422. The molecule has 5 rings (SSSR count). The smallest absolute Gasteiger partial charge is 0.260 e. The molecule has 196 valence electrons. The lowest BCUT2D eigenvalue weighted by molar-refractivity contribution is -0.132. The Morgan fingerprint density at radius 1 is 1.05 bits per heavy atom. The molecular weight excluding hydrogens is 484 g/mol. The molecule has 0 aliphatic carbocycles. The molecule has 2 fully saturated rings. The minimum absolute atomic E-state index is 0.0309. The zero-order chi connectivity index (χ0) is 26.3. The number of likely N-dealkylation sites (tertiary alicyclic amines) is 1. The summed E-state index contributed by atoms with van der Waals surface area (Å²) in [4.78, 5) is 16.3. The van der Waals surface area contributed by atoms with Crippen LogP contribution in [0.2, 0.25) is 0 Å². The van der Waals surface area contributed by atoms with Gasteiger partial charge in [0.15, 0.2) is 23.9 Å². The van der Waals surface area contributed by atoms with Crippen molar-refractivity contribution in [2.75, 3.05) is 58.0 Å². The Labute approximate surface area is 221 Å². The van der Waals surface area contributed by atoms with E-state index in [2.05, 4.69) is 21.2 Å². The Morgan fingerprint density at radius 3 is 2.53 bits per heavy atom. The lowest BCUT2D eigenvalue weighted by Gasteiger charge is -2.28. The lowest BCUT2D eigenvalue weighted by Crippen LogP contribution is -2.38. The van der Waals surface area contributed by atoms with E-state index in [4.69, 9.17) is 14.2 Å². The topological polar surface area (TPSA) is 106 Å². The van der Waals surface area contributed by atoms with Crippen molar-refractivity contribution >= 4 is 23.5 Å². The number of hydrogen-bond donors (Lipinski definition) is 0. The Bertz CT molecular complexity index is 1340. The van der Waals surface area contributed by atoms with Gasteiger partial charge in [0.1, 0.15) is 6.07 Å². The zero-order valence-corrected chi connectivity index (χ0v) is 21.4. The van der Waals surface area contributed by atoms with Crippen molar-refractivity contribution in [2.45, 2.75) is 12.8 Å². The summed E-state index contributed by atoms with van der Waals surface area (Å²) in [6, 6.07) is 17.4. The van der Waals surface area contributed by atoms with Crippen LogP contribution in [0.5, 0.6) is 11.5 Å². The standard InChI is InChI=1S/C28H30N6O4/c1-36-25-18-21(9-10-24(25)38-20-26(35)32-11-5-6-12-32)17-22(19-29)27-30-31-28(33-13-15-37-16-14-33)34(27)23-7-3-2-4-8-23/h2-4,7-10,17-18H,5-6,11-16,20H2,1H3. The fourth-order valence-corrected chi connectivity index (χ4v) is 4.64. The highest BCUT2D eigenvalue weighted by Crippen LogP contribution is 2.31. The van der Waals surface area contributed by atoms with Crippen LogP contribution in [0.25, 0.3) is 17.3 Å². The molecule has 0 spiro atoms. The Hall–Kier alpha value is -4.36. The van der Waals surface area contributed by atoms with Crippen LogP contribution in [0.15, 0.2) is 48.5 Å². The maximum Gasteiger partial charge on any atom is 0.260 e. The molecule has 3 aromatic rings. The summed E-state index contributed by atoms with van der Waals surface area (Å²) in [6.45, 7) is 4.11. The average Bonchev–Trinajstić information content (AvgIpc) is 3.67. The molecule has 0 saturated carbocycles. The first kappa shape index (κ1) is 25.3. The van der Waals surface area contributed by atoms with Gasteiger partial charge in [0, 0.05) is 26.2 Å². The number of rotatable bonds is 8. The number of para-hydroxylation sites is 1. The molecule has 2 aliphatic rings. The highest BCUT2D eigenvalue weighted by molar-refractivity contribution is 5.88. The molecule has 0 atom stereocenters. The number of methoxy groups -OCH3 is 1. The maximum atomic E-state index is 12.4. The number of allylic oxidation sites excluding steroid dienone is 1. The number of morpholine rings is 1. The summed E-state index contributed by atoms with van der Waals surface area (Å²) in [5.41, 5.74) is 1.94. The summed E-state index contributed by atoms with van der Waals surface area (Å²) in [7, 11) is 1.55. The average molecular weight is 515 g/mol. The SMILES string of the molecule is COc1cc(C=C(C#N)c2nnc(N3CCOCC3)n2-c2ccccc2)ccc1OCC(=O)N1CCCC1. The predicted molar refractivity (Wildman–Crippen MR) is 142 cm³/mol. The van der Waals surface area contributed by atoms with Crippen molar-refractivity contribution in [3.8, 4) is 23.3 Å². The van der Waals surface area contributed by atoms with E-state index in [-0.39, 0.29) is 12.5 Å². The third-order valence-corrected chi connectivity index (χ3v) is 6.62. The lowest BCUT2D eigenvalue weighted by atomic mass is 10.1. The minimum atomic E-state index is -0.0422. The van der Waals surface area contributed by atoms with Crippen molar-refractivity contribution in [1.82, 2.24) is 19.7 Å². The number of benzene rings is 2. The molecule has 38 heavy (non-hydrogen) atoms. The molecule has 0 radical (unpaired) electrons. The van der Waals surface area contributed by atoms with Crippen molar-refractivity contribution in [2.24, 2.45) is 0 Å². The number of carbonyl (C=O) groups excluding carboxylic acids is 1. The number of hydrogen-bond acceptors (Lipinski definition) is 8. The first-order valence-electron chi connectivity index (χ1n) is 12.7. The molecule has 3 heterocycles. The van der Waals surface area contributed by atoms with Gasteiger partial charge in [0.25, 0.3) is 5.91 Å². The largest absolute Gasteiger partial charge is 0.493 e. The van der Waals surface area contributed by atoms with Crippen LogP contribution in [0.3, 0.4) is 0 Å². The summed E-state index contributed by atoms with van der Waals surface area (Å²) in [6.07, 6.45) is 3.81. The van der Waals surface area contributed by atoms with E-state index in [1.54, 1.807) is 25.3 Å². The Morgan fingerprint density at radius 2 is 1.82 bits per heavy atom. The number of amides is 1. The third-order valence-electron chi connectivity index (χ3n) is 6.62. The summed E-state index contributed by atoms with van der Waals surface area (Å²) in [5, 5.41) is 19.0. The van der Waals surface area contributed by atoms with Crippen LogP contribution < -0.4 is 14.4 Å². The van der Waals surface area contributed by atoms with Gasteiger partial charge in [-0.25, -0.2) is 0 Å². The van der Waals surface area contributed by atoms with E-state index in [1.807, 2.05) is 45.9 Å². The number of ether oxygens (including phenoxy) is 3. The molecule has 1 amide bonds. The summed E-state index contributed by atoms with van der Waals surface area (Å²) in [5.74, 6) is 2.02. The number of nitriles is 1. The molecule has 1 aromatic heterocycles. The van der Waals surface area contributed by atoms with Gasteiger partial charge in [0.05, 0.1) is 31.6 Å². The molecule has 2 aromatic carbocycles. The van der Waals surface area contributed by atoms with Gasteiger partial charge in [-0.3, -0.25) is 9.36 Å². The van der Waals surface area contributed by atoms with Gasteiger partial charge in [-0.05, 0) is 48.7 Å². The van der Waals surface area contributed by atoms with Crippen LogP contribution >= 0.6 is 0 Å². The van der Waals surface area contributed by atoms with Crippen LogP contribution in [-0.4, -0.2) is 78.7 Å². The van der Waals surface area contributed by atoms with Crippen LogP contribution in [0.1, 0.15) is 24.2 Å². The predicted octanol–water partition coefficient (Wildman–Crippen LogP) is 3.18. The molecule has 2 saturated heterocycles. The summed E-state index contributed by atoms with van der Waals surface area (Å²) < 4.78 is 18.7. The van der Waals surface area contributed by atoms with Crippen molar-refractivity contribution in [3.63, 3.8) is 0 Å². The molecular formula is C28H30N6O4. The van der Waals surface area contributed by atoms with Gasteiger partial charge >= 0.3 is 0 Å². The van der Waals surface area contributed by atoms with Crippen LogP contribution in [0, 0.1) is 11.3 Å². The van der Waals surface area contributed by atoms with E-state index < -0.39 is 0 Å². The number of carbonyl (C=O) groups is 1. The second kappa shape index (κ2) is 11.8. The molecule has 0 bridgehead atoms. The van der Waals surface area contributed by atoms with Gasteiger partial charge in [0.2, 0.25) is 5.95 Å². The molecule has 0 unspecified atom stereocenters. The van der Waals surface area contributed by atoms with Gasteiger partial charge in [-0.2, -0.15) is 5.26 Å². The maximum absolute atomic E-state index is 12.4. The number of nitrogens with zero attached hydrogens (tertiary/aromatic N) is 6. The minimum Gasteiger partial charge on any atom is -0.493 e. The third kappa shape index (κ3) is 5.48. The Balaban J connectivity index is 1.44. The zero-order valence-electron chi connectivity index (χ0n) is 21.4. The molecule has 10 heteroatoms. The normalized spacial score (nSPS) is 15.8. The van der Waals surface area contributed by atoms with E-state index in [9.17, 15) is 10.1 Å². The highest BCUT2D eigenvalue weighted by atomic mass is 16.5. The first-order chi connectivity index (χ1) is 18.7. The van der Waals surface area contributed by atoms with E-state index in [1.165, 1.54) is 0 Å². The summed E-state index contributed by atoms with van der Waals surface area (Å²) >= 11 is 0. The number of aromatic nitrogens is 3. The molecule has 10 nitrogen and oxygen atoms in total. The van der Waals surface area contributed by atoms with E-state index in [0.29, 0.717) is 55.1 Å². The van der Waals surface area contributed by atoms with Crippen LogP contribution in [-0.2, 0) is 9.53 Å². The van der Waals surface area contributed by atoms with E-state index in [0.717, 1.165) is 37.2 Å². The fourth-order valence-electron chi connectivity index (χ4n) is 4.64. The van der Waals surface area contributed by atoms with Crippen molar-refractivity contribution in [3.05, 3.63) is 59.9 Å². The first-order valence-corrected chi connectivity index (χ1v) is 12.7. The number of anilines is 1. The van der Waals surface area contributed by atoms with Gasteiger partial charge < -0.3 is 24.0 Å². The second-order valence-corrected chi connectivity index (χ2v) is 9.05. The monoisotopic (exact) mass is 514 g/mol. The van der Waals surface area contributed by atoms with Gasteiger partial charge in [-0.1, -0.05) is 24.3 Å². The van der Waals surface area contributed by atoms with Crippen molar-refractivity contribution < 1.29 is 19.0 Å². The highest BCUT2D eigenvalue weighted by Gasteiger charge is 2.24. The second-order valence-electron chi connectivity index (χ2n) is 9.05. The molecule has 2 aliphatic heterocycles. The van der Waals surface area contributed by atoms with Gasteiger partial charge in [-0.15, -0.1) is 10.2 Å². The van der Waals surface area contributed by atoms with E-state index >= 15 is 0 Å². The molecule has 0 N–H and O–H groups in total.